The van der Waals surface area contributed by atoms with E-state index in [9.17, 15) is 0 Å². The average molecular weight is 448 g/mol. The second-order valence-corrected chi connectivity index (χ2v) is 7.64. The van der Waals surface area contributed by atoms with Crippen LogP contribution in [0.3, 0.4) is 0 Å². The fraction of sp³-hybridized carbons (Fsp3) is 0.0385. The van der Waals surface area contributed by atoms with Gasteiger partial charge in [0.25, 0.3) is 0 Å². The van der Waals surface area contributed by atoms with Crippen LogP contribution in [0.25, 0.3) is 0 Å². The van der Waals surface area contributed by atoms with Gasteiger partial charge in [0.2, 0.25) is 0 Å². The number of hydrogen-bond donors (Lipinski definition) is 0. The summed E-state index contributed by atoms with van der Waals surface area (Å²) in [6, 6.07) is 30.2. The number of rotatable bonds is 7. The molecule has 154 valence electrons. The Balaban J connectivity index is 1.46. The summed E-state index contributed by atoms with van der Waals surface area (Å²) in [4.78, 5) is 4.56. The molecule has 0 aliphatic heterocycles. The van der Waals surface area contributed by atoms with Crippen molar-refractivity contribution in [1.82, 2.24) is 0 Å². The zero-order chi connectivity index (χ0) is 21.5. The predicted octanol–water partition coefficient (Wildman–Crippen LogP) is 8.12. The third-order valence-corrected chi connectivity index (χ3v) is 4.89. The number of benzene rings is 4. The number of aliphatic imine (C=N–C) groups is 1. The van der Waals surface area contributed by atoms with Gasteiger partial charge < -0.3 is 9.47 Å². The molecule has 4 rings (SSSR count). The smallest absolute Gasteiger partial charge is 0.128 e. The highest BCUT2D eigenvalue weighted by Gasteiger charge is 2.05. The summed E-state index contributed by atoms with van der Waals surface area (Å²) >= 11 is 12.2. The first-order valence-electron chi connectivity index (χ1n) is 9.69. The number of nitrogens with zero attached hydrogens (tertiary/aromatic N) is 1. The molecular formula is C26H19Cl2NO2. The highest BCUT2D eigenvalue weighted by Crippen LogP contribution is 2.26. The standard InChI is InChI=1S/C26H19Cl2NO2/c27-21-6-4-5-19(15-21)18-30-26-14-9-22(28)16-20(26)17-29-23-10-12-25(13-11-23)31-24-7-2-1-3-8-24/h1-17H,18H2. The van der Waals surface area contributed by atoms with Crippen molar-refractivity contribution >= 4 is 35.1 Å². The van der Waals surface area contributed by atoms with Gasteiger partial charge in [-0.05, 0) is 72.3 Å². The van der Waals surface area contributed by atoms with Crippen LogP contribution in [-0.2, 0) is 6.61 Å². The van der Waals surface area contributed by atoms with Crippen LogP contribution in [-0.4, -0.2) is 6.21 Å². The largest absolute Gasteiger partial charge is 0.488 e. The minimum Gasteiger partial charge on any atom is -0.488 e. The number of para-hydroxylation sites is 1. The van der Waals surface area contributed by atoms with Gasteiger partial charge in [-0.1, -0.05) is 53.5 Å². The molecule has 3 nitrogen and oxygen atoms in total. The third-order valence-electron chi connectivity index (χ3n) is 4.42. The summed E-state index contributed by atoms with van der Waals surface area (Å²) in [7, 11) is 0. The van der Waals surface area contributed by atoms with Crippen LogP contribution in [0.5, 0.6) is 17.2 Å². The Morgan fingerprint density at radius 1 is 0.710 bits per heavy atom. The summed E-state index contributed by atoms with van der Waals surface area (Å²) < 4.78 is 11.8. The van der Waals surface area contributed by atoms with Gasteiger partial charge in [0.15, 0.2) is 0 Å². The predicted molar refractivity (Wildman–Crippen MR) is 127 cm³/mol. The van der Waals surface area contributed by atoms with E-state index in [4.69, 9.17) is 32.7 Å². The lowest BCUT2D eigenvalue weighted by atomic mass is 10.2. The molecule has 0 aliphatic carbocycles. The molecule has 0 saturated heterocycles. The molecule has 0 aromatic heterocycles. The molecule has 0 bridgehead atoms. The lowest BCUT2D eigenvalue weighted by molar-refractivity contribution is 0.306. The topological polar surface area (TPSA) is 30.8 Å². The van der Waals surface area contributed by atoms with Gasteiger partial charge in [-0.25, -0.2) is 0 Å². The Morgan fingerprint density at radius 3 is 2.23 bits per heavy atom. The molecule has 0 amide bonds. The molecule has 0 N–H and O–H groups in total. The summed E-state index contributed by atoms with van der Waals surface area (Å²) in [5.74, 6) is 2.23. The maximum absolute atomic E-state index is 6.18. The van der Waals surface area contributed by atoms with Crippen LogP contribution in [0.2, 0.25) is 10.0 Å². The summed E-state index contributed by atoms with van der Waals surface area (Å²) in [6.07, 6.45) is 1.74. The van der Waals surface area contributed by atoms with Crippen molar-refractivity contribution in [2.45, 2.75) is 6.61 Å². The minimum absolute atomic E-state index is 0.397. The van der Waals surface area contributed by atoms with Gasteiger partial charge >= 0.3 is 0 Å². The number of hydrogen-bond acceptors (Lipinski definition) is 3. The third kappa shape index (κ3) is 6.11. The lowest BCUT2D eigenvalue weighted by Gasteiger charge is -2.10. The van der Waals surface area contributed by atoms with E-state index in [0.717, 1.165) is 28.3 Å². The van der Waals surface area contributed by atoms with E-state index in [1.165, 1.54) is 0 Å². The first kappa shape index (κ1) is 21.0. The van der Waals surface area contributed by atoms with Crippen LogP contribution >= 0.6 is 23.2 Å². The van der Waals surface area contributed by atoms with E-state index in [0.29, 0.717) is 22.4 Å². The van der Waals surface area contributed by atoms with E-state index < -0.39 is 0 Å². The van der Waals surface area contributed by atoms with Crippen molar-refractivity contribution in [2.24, 2.45) is 4.99 Å². The molecular weight excluding hydrogens is 429 g/mol. The van der Waals surface area contributed by atoms with Crippen LogP contribution in [0.1, 0.15) is 11.1 Å². The van der Waals surface area contributed by atoms with Gasteiger partial charge in [-0.2, -0.15) is 0 Å². The maximum atomic E-state index is 6.18. The molecule has 0 saturated carbocycles. The van der Waals surface area contributed by atoms with Gasteiger partial charge in [-0.15, -0.1) is 0 Å². The molecule has 4 aromatic rings. The molecule has 0 unspecified atom stereocenters. The Hall–Kier alpha value is -3.27. The van der Waals surface area contributed by atoms with Crippen LogP contribution < -0.4 is 9.47 Å². The van der Waals surface area contributed by atoms with E-state index in [-0.39, 0.29) is 0 Å². The monoisotopic (exact) mass is 447 g/mol. The zero-order valence-corrected chi connectivity index (χ0v) is 18.1. The second-order valence-electron chi connectivity index (χ2n) is 6.77. The molecule has 0 aliphatic rings. The minimum atomic E-state index is 0.397. The van der Waals surface area contributed by atoms with Crippen LogP contribution in [0, 0.1) is 0 Å². The van der Waals surface area contributed by atoms with Gasteiger partial charge in [0.05, 0.1) is 5.69 Å². The lowest BCUT2D eigenvalue weighted by Crippen LogP contribution is -1.98. The van der Waals surface area contributed by atoms with Crippen LogP contribution in [0.15, 0.2) is 102 Å². The average Bonchev–Trinajstić information content (AvgIpc) is 2.79. The van der Waals surface area contributed by atoms with Crippen molar-refractivity contribution in [3.8, 4) is 17.2 Å². The molecule has 5 heteroatoms. The quantitative estimate of drug-likeness (QED) is 0.267. The SMILES string of the molecule is Clc1cccc(COc2ccc(Cl)cc2C=Nc2ccc(Oc3ccccc3)cc2)c1. The normalized spacial score (nSPS) is 10.9. The summed E-state index contributed by atoms with van der Waals surface area (Å²) in [6.45, 7) is 0.397. The van der Waals surface area contributed by atoms with E-state index >= 15 is 0 Å². The number of halogens is 2. The second kappa shape index (κ2) is 10.2. The van der Waals surface area contributed by atoms with E-state index in [1.54, 1.807) is 12.3 Å². The van der Waals surface area contributed by atoms with Gasteiger partial charge in [0, 0.05) is 21.8 Å². The Morgan fingerprint density at radius 2 is 1.45 bits per heavy atom. The summed E-state index contributed by atoms with van der Waals surface area (Å²) in [5, 5.41) is 1.29. The van der Waals surface area contributed by atoms with Gasteiger partial charge in [0.1, 0.15) is 23.9 Å². The van der Waals surface area contributed by atoms with Crippen molar-refractivity contribution in [3.63, 3.8) is 0 Å². The molecule has 0 spiro atoms. The van der Waals surface area contributed by atoms with E-state index in [2.05, 4.69) is 4.99 Å². The first-order chi connectivity index (χ1) is 15.2. The maximum Gasteiger partial charge on any atom is 0.128 e. The molecule has 31 heavy (non-hydrogen) atoms. The zero-order valence-electron chi connectivity index (χ0n) is 16.5. The van der Waals surface area contributed by atoms with Crippen molar-refractivity contribution in [2.75, 3.05) is 0 Å². The number of ether oxygens (including phenoxy) is 2. The highest BCUT2D eigenvalue weighted by molar-refractivity contribution is 6.31. The first-order valence-corrected chi connectivity index (χ1v) is 10.5. The summed E-state index contributed by atoms with van der Waals surface area (Å²) in [5.41, 5.74) is 2.57. The Labute approximate surface area is 191 Å². The molecule has 0 radical (unpaired) electrons. The molecule has 0 heterocycles. The fourth-order valence-corrected chi connectivity index (χ4v) is 3.30. The molecule has 0 fully saturated rings. The van der Waals surface area contributed by atoms with Crippen molar-refractivity contribution in [3.05, 3.63) is 118 Å². The van der Waals surface area contributed by atoms with Gasteiger partial charge in [-0.3, -0.25) is 4.99 Å². The van der Waals surface area contributed by atoms with Crippen molar-refractivity contribution in [1.29, 1.82) is 0 Å². The van der Waals surface area contributed by atoms with Crippen molar-refractivity contribution < 1.29 is 9.47 Å². The fourth-order valence-electron chi connectivity index (χ4n) is 2.91. The molecule has 0 atom stereocenters. The molecule has 4 aromatic carbocycles. The Kier molecular flexibility index (Phi) is 6.88. The van der Waals surface area contributed by atoms with Crippen LogP contribution in [0.4, 0.5) is 5.69 Å². The van der Waals surface area contributed by atoms with E-state index in [1.807, 2.05) is 91.0 Å². The highest BCUT2D eigenvalue weighted by atomic mass is 35.5. The Bertz CT molecular complexity index is 1180.